The molecule has 46 heavy (non-hydrogen) atoms. The van der Waals surface area contributed by atoms with Crippen molar-refractivity contribution in [2.45, 2.75) is 109 Å². The van der Waals surface area contributed by atoms with Gasteiger partial charge in [-0.2, -0.15) is 0 Å². The fraction of sp³-hybridized carbons (Fsp3) is 0.571. The largest absolute Gasteiger partial charge is 0.478 e. The molecule has 0 unspecified atom stereocenters. The van der Waals surface area contributed by atoms with E-state index in [0.29, 0.717) is 39.2 Å². The third-order valence-electron chi connectivity index (χ3n) is 9.82. The lowest BCUT2D eigenvalue weighted by Gasteiger charge is -2.46. The molecule has 1 atom stereocenters. The molecule has 8 nitrogen and oxygen atoms in total. The van der Waals surface area contributed by atoms with E-state index >= 15 is 0 Å². The molecule has 2 aromatic rings. The number of urea groups is 1. The van der Waals surface area contributed by atoms with E-state index in [9.17, 15) is 14.4 Å². The normalized spacial score (nSPS) is 20.2. The van der Waals surface area contributed by atoms with Gasteiger partial charge in [-0.1, -0.05) is 76.9 Å². The van der Waals surface area contributed by atoms with Gasteiger partial charge in [-0.25, -0.2) is 9.59 Å². The quantitative estimate of drug-likeness (QED) is 0.216. The van der Waals surface area contributed by atoms with Gasteiger partial charge in [0, 0.05) is 41.7 Å². The summed E-state index contributed by atoms with van der Waals surface area (Å²) in [6.45, 7) is 14.8. The van der Waals surface area contributed by atoms with Crippen molar-refractivity contribution in [3.63, 3.8) is 0 Å². The number of benzene rings is 2. The van der Waals surface area contributed by atoms with Crippen LogP contribution in [0.3, 0.4) is 0 Å². The Bertz CT molecular complexity index is 1320. The highest BCUT2D eigenvalue weighted by Gasteiger charge is 2.47. The van der Waals surface area contributed by atoms with Crippen molar-refractivity contribution in [3.8, 4) is 11.1 Å². The summed E-state index contributed by atoms with van der Waals surface area (Å²) in [5.41, 5.74) is 8.95. The molecule has 2 aromatic carbocycles. The molecule has 0 bridgehead atoms. The molecule has 1 saturated heterocycles. The number of carboxylic acids is 1. The highest BCUT2D eigenvalue weighted by molar-refractivity contribution is 6.77. The van der Waals surface area contributed by atoms with Crippen LogP contribution in [-0.4, -0.2) is 62.0 Å². The van der Waals surface area contributed by atoms with Crippen molar-refractivity contribution in [2.75, 3.05) is 13.6 Å². The molecule has 0 spiro atoms. The lowest BCUT2D eigenvalue weighted by molar-refractivity contribution is -0.133. The molecule has 4 rings (SSSR count). The summed E-state index contributed by atoms with van der Waals surface area (Å²) >= 11 is 13.4. The van der Waals surface area contributed by atoms with E-state index in [0.717, 1.165) is 55.3 Å². The van der Waals surface area contributed by atoms with Gasteiger partial charge < -0.3 is 25.5 Å². The number of rotatable bonds is 10. The molecule has 1 heterocycles. The molecule has 2 fully saturated rings. The maximum atomic E-state index is 13.6. The zero-order chi connectivity index (χ0) is 34.3. The number of primary amides is 1. The molecule has 1 saturated carbocycles. The molecule has 2 aliphatic rings. The van der Waals surface area contributed by atoms with E-state index in [4.69, 9.17) is 32.7 Å². The van der Waals surface area contributed by atoms with Gasteiger partial charge in [-0.3, -0.25) is 4.79 Å². The molecule has 0 radical (unpaired) electrons. The van der Waals surface area contributed by atoms with Gasteiger partial charge in [-0.05, 0) is 96.1 Å². The third-order valence-corrected chi connectivity index (χ3v) is 16.6. The number of halogens is 2. The Morgan fingerprint density at radius 1 is 0.935 bits per heavy atom. The zero-order valence-corrected chi connectivity index (χ0v) is 30.8. The van der Waals surface area contributed by atoms with Crippen molar-refractivity contribution in [3.05, 3.63) is 57.6 Å². The number of hydrogen-bond acceptors (Lipinski definition) is 4. The van der Waals surface area contributed by atoms with Crippen molar-refractivity contribution in [1.82, 2.24) is 10.2 Å². The van der Waals surface area contributed by atoms with Crippen molar-refractivity contribution in [2.24, 2.45) is 11.7 Å². The number of carboxylic acid groups (broad SMARTS) is 1. The van der Waals surface area contributed by atoms with Gasteiger partial charge in [0.1, 0.15) is 0 Å². The first-order chi connectivity index (χ1) is 21.6. The van der Waals surface area contributed by atoms with Crippen molar-refractivity contribution in [1.29, 1.82) is 0 Å². The van der Waals surface area contributed by atoms with Crippen LogP contribution in [0.25, 0.3) is 11.1 Å². The van der Waals surface area contributed by atoms with Crippen molar-refractivity contribution < 1.29 is 23.9 Å². The average Bonchev–Trinajstić information content (AvgIpc) is 3.37. The van der Waals surface area contributed by atoms with E-state index in [1.807, 2.05) is 12.1 Å². The van der Waals surface area contributed by atoms with Crippen LogP contribution >= 0.6 is 23.2 Å². The summed E-state index contributed by atoms with van der Waals surface area (Å²) in [5.74, 6) is -0.876. The number of carbonyl (C=O) groups excluding carboxylic acids is 2. The Hall–Kier alpha value is -2.59. The highest BCUT2D eigenvalue weighted by atomic mass is 35.5. The van der Waals surface area contributed by atoms with Crippen LogP contribution in [0.5, 0.6) is 0 Å². The summed E-state index contributed by atoms with van der Waals surface area (Å²) in [5, 5.41) is 12.4. The van der Waals surface area contributed by atoms with Gasteiger partial charge >= 0.3 is 12.0 Å². The number of nitrogens with zero attached hydrogens (tertiary/aromatic N) is 1. The Kier molecular flexibility index (Phi) is 13.6. The van der Waals surface area contributed by atoms with Crippen molar-refractivity contribution >= 4 is 49.4 Å². The fourth-order valence-corrected chi connectivity index (χ4v) is 13.8. The Morgan fingerprint density at radius 3 is 1.87 bits per heavy atom. The fourth-order valence-electron chi connectivity index (χ4n) is 7.50. The lowest BCUT2D eigenvalue weighted by atomic mass is 9.92. The van der Waals surface area contributed by atoms with Crippen LogP contribution < -0.4 is 11.1 Å². The Balaban J connectivity index is 0.00000107. The Morgan fingerprint density at radius 2 is 1.43 bits per heavy atom. The second-order valence-electron chi connectivity index (χ2n) is 13.5. The number of nitrogens with one attached hydrogen (secondary N) is 1. The second-order valence-corrected chi connectivity index (χ2v) is 19.7. The van der Waals surface area contributed by atoms with Crippen LogP contribution in [0.2, 0.25) is 26.7 Å². The summed E-state index contributed by atoms with van der Waals surface area (Å²) in [4.78, 5) is 36.3. The van der Waals surface area contributed by atoms with E-state index < -0.39 is 20.3 Å². The van der Waals surface area contributed by atoms with Crippen LogP contribution in [0.4, 0.5) is 4.79 Å². The monoisotopic (exact) mass is 691 g/mol. The lowest BCUT2D eigenvalue weighted by Crippen LogP contribution is -2.51. The molecule has 1 aliphatic heterocycles. The topological polar surface area (TPSA) is 122 Å². The first-order valence-electron chi connectivity index (χ1n) is 16.4. The summed E-state index contributed by atoms with van der Waals surface area (Å²) in [6, 6.07) is 10.1. The molecule has 0 aromatic heterocycles. The average molecular weight is 693 g/mol. The van der Waals surface area contributed by atoms with Gasteiger partial charge in [0.15, 0.2) is 0 Å². The first kappa shape index (κ1) is 37.9. The third kappa shape index (κ3) is 8.85. The summed E-state index contributed by atoms with van der Waals surface area (Å²) in [6.07, 6.45) is 5.67. The molecule has 254 valence electrons. The minimum absolute atomic E-state index is 0.123. The predicted molar refractivity (Wildman–Crippen MR) is 189 cm³/mol. The predicted octanol–water partition coefficient (Wildman–Crippen LogP) is 8.54. The molecular formula is C35H51Cl2N3O5Si. The van der Waals surface area contributed by atoms with Gasteiger partial charge in [0.25, 0.3) is 0 Å². The maximum Gasteiger partial charge on any atom is 0.335 e. The van der Waals surface area contributed by atoms with Crippen LogP contribution in [-0.2, 0) is 15.6 Å². The van der Waals surface area contributed by atoms with E-state index in [1.54, 1.807) is 24.3 Å². The van der Waals surface area contributed by atoms with Gasteiger partial charge in [0.05, 0.1) is 5.56 Å². The van der Waals surface area contributed by atoms with Gasteiger partial charge in [0.2, 0.25) is 14.2 Å². The van der Waals surface area contributed by atoms with Crippen LogP contribution in [0, 0.1) is 5.92 Å². The molecule has 1 aliphatic carbocycles. The number of nitrogens with two attached hydrogens (primary N) is 1. The minimum atomic E-state index is -1.91. The number of hydrogen-bond donors (Lipinski definition) is 3. The molecule has 11 heteroatoms. The highest BCUT2D eigenvalue weighted by Crippen LogP contribution is 2.45. The van der Waals surface area contributed by atoms with Crippen LogP contribution in [0.1, 0.15) is 89.6 Å². The number of carbonyl (C=O) groups is 3. The smallest absolute Gasteiger partial charge is 0.335 e. The van der Waals surface area contributed by atoms with E-state index in [1.165, 1.54) is 7.05 Å². The van der Waals surface area contributed by atoms with E-state index in [-0.39, 0.29) is 23.4 Å². The number of amides is 3. The van der Waals surface area contributed by atoms with E-state index in [2.05, 4.69) is 57.5 Å². The van der Waals surface area contributed by atoms with Gasteiger partial charge in [-0.15, -0.1) is 0 Å². The molecular weight excluding hydrogens is 641 g/mol. The second kappa shape index (κ2) is 16.5. The Labute approximate surface area is 285 Å². The van der Waals surface area contributed by atoms with Crippen LogP contribution in [0.15, 0.2) is 36.4 Å². The first-order valence-corrected chi connectivity index (χ1v) is 19.3. The summed E-state index contributed by atoms with van der Waals surface area (Å²) in [7, 11) is -0.435. The molecule has 4 N–H and O–H groups in total. The number of aromatic carboxylic acids is 1. The zero-order valence-electron chi connectivity index (χ0n) is 28.2. The molecule has 3 amide bonds. The maximum absolute atomic E-state index is 13.6. The standard InChI is InChI=1S/C33H45Cl2NO4Si.C2H6N2O/c1-20(2)41(21(3)4,22(5)6)40-28-13-11-27(12-14-28)36-16-15-25(32(36)37)17-29-30(34)18-26(19-31(29)35)23-7-9-24(10-8-23)33(38)39;1-4-2(3)5/h7-10,18-22,25,27-28H,11-17H2,1-6H3,(H,38,39);1H3,(H3,3,4,5)/t25-,27-,28-;/m0./s1. The minimum Gasteiger partial charge on any atom is -0.478 e. The SMILES string of the molecule is CC(C)[Si](O[C@H]1CC[C@H](N2CC[C@@H](Cc3c(Cl)cc(-c4ccc(C(=O)O)cc4)cc3Cl)C2=O)CC1)(C(C)C)C(C)C.CNC(N)=O. The summed E-state index contributed by atoms with van der Waals surface area (Å²) < 4.78 is 7.07. The number of likely N-dealkylation sites (tertiary alicyclic amines) is 1.